The number of ether oxygens (including phenoxy) is 3. The van der Waals surface area contributed by atoms with Gasteiger partial charge in [0.25, 0.3) is 0 Å². The lowest BCUT2D eigenvalue weighted by Gasteiger charge is -2.41. The summed E-state index contributed by atoms with van der Waals surface area (Å²) in [6, 6.07) is 3.96. The van der Waals surface area contributed by atoms with Crippen LogP contribution >= 0.6 is 0 Å². The molecule has 1 aromatic rings. The molecule has 2 aliphatic heterocycles. The van der Waals surface area contributed by atoms with Crippen LogP contribution in [-0.2, 0) is 30.5 Å². The molecule has 0 aromatic heterocycles. The SMILES string of the molecule is NC(=O)C1(S(=O)(=O)N2CCCCC2Oc2ccc(C(F)(F)F)cc2)C=CC=C2OCOC21. The normalized spacial score (nSPS) is 28.5. The Kier molecular flexibility index (Phi) is 5.72. The van der Waals surface area contributed by atoms with Crippen LogP contribution in [0.25, 0.3) is 0 Å². The number of carbonyl (C=O) groups excluding carboxylic acids is 1. The largest absolute Gasteiger partial charge is 0.474 e. The summed E-state index contributed by atoms with van der Waals surface area (Å²) in [4.78, 5) is 12.6. The van der Waals surface area contributed by atoms with Crippen molar-refractivity contribution in [3.8, 4) is 5.75 Å². The fraction of sp³-hybridized carbons (Fsp3) is 0.450. The maximum Gasteiger partial charge on any atom is 0.416 e. The van der Waals surface area contributed by atoms with Crippen molar-refractivity contribution < 1.29 is 40.6 Å². The first-order valence-electron chi connectivity index (χ1n) is 9.86. The Morgan fingerprint density at radius 2 is 1.94 bits per heavy atom. The molecule has 32 heavy (non-hydrogen) atoms. The summed E-state index contributed by atoms with van der Waals surface area (Å²) >= 11 is 0. The first-order valence-corrected chi connectivity index (χ1v) is 11.3. The van der Waals surface area contributed by atoms with Gasteiger partial charge in [-0.2, -0.15) is 17.5 Å². The highest BCUT2D eigenvalue weighted by Crippen LogP contribution is 2.41. The van der Waals surface area contributed by atoms with Gasteiger partial charge >= 0.3 is 6.18 Å². The summed E-state index contributed by atoms with van der Waals surface area (Å²) in [5, 5.41) is 0. The molecule has 8 nitrogen and oxygen atoms in total. The lowest BCUT2D eigenvalue weighted by molar-refractivity contribution is -0.137. The molecule has 0 bridgehead atoms. The van der Waals surface area contributed by atoms with E-state index in [0.29, 0.717) is 12.8 Å². The van der Waals surface area contributed by atoms with Crippen LogP contribution in [0.4, 0.5) is 13.2 Å². The van der Waals surface area contributed by atoms with Gasteiger partial charge in [0.2, 0.25) is 20.7 Å². The van der Waals surface area contributed by atoms with E-state index in [9.17, 15) is 26.4 Å². The zero-order chi connectivity index (χ0) is 23.1. The van der Waals surface area contributed by atoms with Crippen molar-refractivity contribution in [3.63, 3.8) is 0 Å². The Bertz CT molecular complexity index is 1050. The summed E-state index contributed by atoms with van der Waals surface area (Å²) in [5.74, 6) is -0.890. The molecule has 1 aliphatic carbocycles. The summed E-state index contributed by atoms with van der Waals surface area (Å²) < 4.78 is 81.3. The summed E-state index contributed by atoms with van der Waals surface area (Å²) in [6.45, 7) is -0.183. The number of hydrogen-bond donors (Lipinski definition) is 1. The standard InChI is InChI=1S/C20H21F3N2O6S/c21-20(22,23)13-6-8-14(9-7-13)31-16-5-1-2-11-25(16)32(27,28)19(18(24)26)10-3-4-15-17(19)30-12-29-15/h3-4,6-10,16-17H,1-2,5,11-12H2,(H2,24,26). The average Bonchev–Trinajstić information content (AvgIpc) is 3.22. The smallest absolute Gasteiger partial charge is 0.416 e. The third-order valence-corrected chi connectivity index (χ3v) is 8.13. The van der Waals surface area contributed by atoms with Gasteiger partial charge in [-0.1, -0.05) is 6.08 Å². The first kappa shape index (κ1) is 22.6. The van der Waals surface area contributed by atoms with Crippen molar-refractivity contribution in [1.29, 1.82) is 0 Å². The van der Waals surface area contributed by atoms with Crippen molar-refractivity contribution in [2.75, 3.05) is 13.3 Å². The molecule has 3 unspecified atom stereocenters. The summed E-state index contributed by atoms with van der Waals surface area (Å²) in [7, 11) is -4.48. The minimum Gasteiger partial charge on any atom is -0.474 e. The number of amides is 1. The van der Waals surface area contributed by atoms with Gasteiger partial charge in [0.1, 0.15) is 11.5 Å². The molecule has 0 spiro atoms. The van der Waals surface area contributed by atoms with Crippen LogP contribution in [-0.4, -0.2) is 49.0 Å². The third-order valence-electron chi connectivity index (χ3n) is 5.69. The Morgan fingerprint density at radius 1 is 1.22 bits per heavy atom. The summed E-state index contributed by atoms with van der Waals surface area (Å²) in [6.07, 6.45) is -1.31. The van der Waals surface area contributed by atoms with Crippen LogP contribution in [0, 0.1) is 0 Å². The van der Waals surface area contributed by atoms with E-state index in [2.05, 4.69) is 0 Å². The number of piperidine rings is 1. The van der Waals surface area contributed by atoms with Crippen LogP contribution in [0.1, 0.15) is 24.8 Å². The number of halogens is 3. The van der Waals surface area contributed by atoms with E-state index in [1.54, 1.807) is 0 Å². The van der Waals surface area contributed by atoms with Crippen LogP contribution < -0.4 is 10.5 Å². The van der Waals surface area contributed by atoms with E-state index in [0.717, 1.165) is 28.6 Å². The van der Waals surface area contributed by atoms with Gasteiger partial charge in [0.15, 0.2) is 19.1 Å². The number of alkyl halides is 3. The molecular weight excluding hydrogens is 453 g/mol. The van der Waals surface area contributed by atoms with E-state index in [-0.39, 0.29) is 31.3 Å². The van der Waals surface area contributed by atoms with Gasteiger partial charge in [-0.05, 0) is 55.7 Å². The fourth-order valence-electron chi connectivity index (χ4n) is 4.07. The van der Waals surface area contributed by atoms with E-state index < -0.39 is 44.7 Å². The molecule has 1 amide bonds. The Hall–Kier alpha value is -2.57. The predicted molar refractivity (Wildman–Crippen MR) is 105 cm³/mol. The van der Waals surface area contributed by atoms with Gasteiger partial charge in [-0.3, -0.25) is 4.79 Å². The van der Waals surface area contributed by atoms with Crippen LogP contribution in [0.15, 0.2) is 48.3 Å². The Balaban J connectivity index is 1.66. The molecule has 3 aliphatic rings. The molecule has 2 saturated heterocycles. The zero-order valence-electron chi connectivity index (χ0n) is 16.7. The Labute approximate surface area is 182 Å². The van der Waals surface area contributed by atoms with Crippen LogP contribution in [0.2, 0.25) is 0 Å². The number of fused-ring (bicyclic) bond motifs is 1. The topological polar surface area (TPSA) is 108 Å². The number of benzene rings is 1. The Morgan fingerprint density at radius 3 is 2.59 bits per heavy atom. The van der Waals surface area contributed by atoms with E-state index in [1.165, 1.54) is 18.2 Å². The van der Waals surface area contributed by atoms with Crippen molar-refractivity contribution in [2.24, 2.45) is 5.73 Å². The molecule has 2 N–H and O–H groups in total. The maximum atomic E-state index is 13.8. The quantitative estimate of drug-likeness (QED) is 0.702. The number of rotatable bonds is 5. The molecule has 1 aromatic carbocycles. The number of sulfonamides is 1. The van der Waals surface area contributed by atoms with Crippen LogP contribution in [0.5, 0.6) is 5.75 Å². The molecular formula is C20H21F3N2O6S. The van der Waals surface area contributed by atoms with E-state index >= 15 is 0 Å². The molecule has 0 saturated carbocycles. The number of nitrogens with two attached hydrogens (primary N) is 1. The number of carbonyl (C=O) groups is 1. The van der Waals surface area contributed by atoms with Crippen molar-refractivity contribution in [2.45, 2.75) is 42.5 Å². The summed E-state index contributed by atoms with van der Waals surface area (Å²) in [5.41, 5.74) is 4.75. The highest BCUT2D eigenvalue weighted by atomic mass is 32.2. The molecule has 12 heteroatoms. The van der Waals surface area contributed by atoms with Crippen LogP contribution in [0.3, 0.4) is 0 Å². The lowest BCUT2D eigenvalue weighted by atomic mass is 9.94. The van der Waals surface area contributed by atoms with Crippen molar-refractivity contribution in [3.05, 3.63) is 53.8 Å². The molecule has 3 atom stereocenters. The zero-order valence-corrected chi connectivity index (χ0v) is 17.6. The molecule has 174 valence electrons. The highest BCUT2D eigenvalue weighted by Gasteiger charge is 2.62. The lowest BCUT2D eigenvalue weighted by Crippen LogP contribution is -2.64. The van der Waals surface area contributed by atoms with Gasteiger partial charge in [-0.25, -0.2) is 8.42 Å². The molecule has 0 radical (unpaired) electrons. The maximum absolute atomic E-state index is 13.8. The number of hydrogen-bond acceptors (Lipinski definition) is 6. The third kappa shape index (κ3) is 3.65. The second-order valence-corrected chi connectivity index (χ2v) is 9.70. The van der Waals surface area contributed by atoms with Crippen molar-refractivity contribution >= 4 is 15.9 Å². The minimum atomic E-state index is -4.51. The van der Waals surface area contributed by atoms with E-state index in [4.69, 9.17) is 19.9 Å². The van der Waals surface area contributed by atoms with Gasteiger partial charge in [0.05, 0.1) is 5.56 Å². The number of primary amides is 1. The minimum absolute atomic E-state index is 0.0448. The predicted octanol–water partition coefficient (Wildman–Crippen LogP) is 2.28. The molecule has 2 heterocycles. The molecule has 2 fully saturated rings. The van der Waals surface area contributed by atoms with Gasteiger partial charge in [0, 0.05) is 6.54 Å². The average molecular weight is 474 g/mol. The second kappa shape index (κ2) is 8.09. The van der Waals surface area contributed by atoms with Crippen molar-refractivity contribution in [1.82, 2.24) is 4.31 Å². The second-order valence-electron chi connectivity index (χ2n) is 7.60. The highest BCUT2D eigenvalue weighted by molar-refractivity contribution is 7.91. The van der Waals surface area contributed by atoms with E-state index in [1.807, 2.05) is 0 Å². The monoisotopic (exact) mass is 474 g/mol. The fourth-order valence-corrected chi connectivity index (χ4v) is 6.25. The number of nitrogens with zero attached hydrogens (tertiary/aromatic N) is 1. The number of allylic oxidation sites excluding steroid dienone is 2. The van der Waals surface area contributed by atoms with Gasteiger partial charge < -0.3 is 19.9 Å². The van der Waals surface area contributed by atoms with Gasteiger partial charge in [-0.15, -0.1) is 0 Å². The molecule has 4 rings (SSSR count). The first-order chi connectivity index (χ1) is 15.1.